The van der Waals surface area contributed by atoms with Crippen molar-refractivity contribution >= 4 is 23.2 Å². The number of aromatic nitrogens is 1. The predicted octanol–water partition coefficient (Wildman–Crippen LogP) is 2.92. The Morgan fingerprint density at radius 1 is 1.07 bits per heavy atom. The van der Waals surface area contributed by atoms with E-state index in [0.29, 0.717) is 31.9 Å². The van der Waals surface area contributed by atoms with Crippen LogP contribution in [-0.4, -0.2) is 58.9 Å². The largest absolute Gasteiger partial charge is 0.489 e. The van der Waals surface area contributed by atoms with E-state index in [4.69, 9.17) is 4.74 Å². The first-order valence-corrected chi connectivity index (χ1v) is 9.47. The molecule has 2 heterocycles. The second-order valence-electron chi connectivity index (χ2n) is 7.02. The Bertz CT molecular complexity index is 845. The van der Waals surface area contributed by atoms with E-state index >= 15 is 0 Å². The first-order chi connectivity index (χ1) is 13.4. The van der Waals surface area contributed by atoms with Gasteiger partial charge in [0.15, 0.2) is 0 Å². The van der Waals surface area contributed by atoms with Gasteiger partial charge in [0.1, 0.15) is 11.4 Å². The minimum absolute atomic E-state index is 0.0405. The van der Waals surface area contributed by atoms with Crippen LogP contribution < -0.4 is 10.1 Å². The van der Waals surface area contributed by atoms with Crippen molar-refractivity contribution in [3.8, 4) is 5.75 Å². The number of para-hydroxylation sites is 2. The van der Waals surface area contributed by atoms with Crippen molar-refractivity contribution in [3.05, 3.63) is 48.3 Å². The van der Waals surface area contributed by atoms with Gasteiger partial charge in [0.05, 0.1) is 11.8 Å². The lowest BCUT2D eigenvalue weighted by Crippen LogP contribution is -2.50. The Labute approximate surface area is 165 Å². The minimum atomic E-state index is -0.126. The first-order valence-electron chi connectivity index (χ1n) is 9.47. The number of hydrogen-bond acceptors (Lipinski definition) is 5. The number of carbonyl (C=O) groups is 2. The molecule has 2 amide bonds. The van der Waals surface area contributed by atoms with Crippen LogP contribution in [0.15, 0.2) is 42.6 Å². The Hall–Kier alpha value is -3.09. The van der Waals surface area contributed by atoms with Crippen LogP contribution in [0.2, 0.25) is 0 Å². The molecular weight excluding hydrogens is 356 g/mol. The number of carbonyl (C=O) groups excluding carboxylic acids is 2. The molecular formula is C21H26N4O3. The zero-order valence-electron chi connectivity index (χ0n) is 16.5. The summed E-state index contributed by atoms with van der Waals surface area (Å²) in [7, 11) is 0. The van der Waals surface area contributed by atoms with Gasteiger partial charge >= 0.3 is 0 Å². The van der Waals surface area contributed by atoms with Gasteiger partial charge < -0.3 is 19.9 Å². The molecule has 28 heavy (non-hydrogen) atoms. The number of benzene rings is 1. The topological polar surface area (TPSA) is 74.8 Å². The lowest BCUT2D eigenvalue weighted by atomic mass is 10.2. The maximum Gasteiger partial charge on any atom is 0.272 e. The molecule has 1 N–H and O–H groups in total. The van der Waals surface area contributed by atoms with Crippen molar-refractivity contribution in [1.29, 1.82) is 0 Å². The molecule has 0 unspecified atom stereocenters. The molecule has 0 atom stereocenters. The fourth-order valence-electron chi connectivity index (χ4n) is 3.09. The quantitative estimate of drug-likeness (QED) is 0.861. The van der Waals surface area contributed by atoms with Crippen molar-refractivity contribution in [2.24, 2.45) is 0 Å². The van der Waals surface area contributed by atoms with Crippen LogP contribution in [-0.2, 0) is 4.79 Å². The number of ether oxygens (including phenoxy) is 1. The lowest BCUT2D eigenvalue weighted by Gasteiger charge is -2.34. The SMILES string of the molecule is CC(=O)N1CCN(C(=O)c2cc(Nc3ccccc3OC(C)C)ccn2)CC1. The van der Waals surface area contributed by atoms with Gasteiger partial charge in [-0.15, -0.1) is 0 Å². The Kier molecular flexibility index (Phi) is 6.13. The summed E-state index contributed by atoms with van der Waals surface area (Å²) in [5.41, 5.74) is 1.97. The normalized spacial score (nSPS) is 14.1. The number of rotatable bonds is 5. The van der Waals surface area contributed by atoms with E-state index in [2.05, 4.69) is 10.3 Å². The molecule has 1 saturated heterocycles. The van der Waals surface area contributed by atoms with Crippen molar-refractivity contribution in [2.45, 2.75) is 26.9 Å². The summed E-state index contributed by atoms with van der Waals surface area (Å²) < 4.78 is 5.83. The third-order valence-corrected chi connectivity index (χ3v) is 4.52. The molecule has 1 aromatic heterocycles. The third kappa shape index (κ3) is 4.79. The fourth-order valence-corrected chi connectivity index (χ4v) is 3.09. The summed E-state index contributed by atoms with van der Waals surface area (Å²) in [5.74, 6) is 0.666. The summed E-state index contributed by atoms with van der Waals surface area (Å²) in [4.78, 5) is 32.0. The zero-order chi connectivity index (χ0) is 20.1. The molecule has 1 aromatic carbocycles. The second-order valence-corrected chi connectivity index (χ2v) is 7.02. The Morgan fingerprint density at radius 2 is 1.75 bits per heavy atom. The number of piperazine rings is 1. The summed E-state index contributed by atoms with van der Waals surface area (Å²) in [6, 6.07) is 11.2. The number of hydrogen-bond donors (Lipinski definition) is 1. The van der Waals surface area contributed by atoms with Crippen LogP contribution in [0, 0.1) is 0 Å². The molecule has 1 aliphatic heterocycles. The molecule has 7 nitrogen and oxygen atoms in total. The van der Waals surface area contributed by atoms with Crippen LogP contribution in [0.5, 0.6) is 5.75 Å². The molecule has 7 heteroatoms. The molecule has 0 aliphatic carbocycles. The zero-order valence-corrected chi connectivity index (χ0v) is 16.5. The Morgan fingerprint density at radius 3 is 2.43 bits per heavy atom. The smallest absolute Gasteiger partial charge is 0.272 e. The second kappa shape index (κ2) is 8.73. The van der Waals surface area contributed by atoms with E-state index in [9.17, 15) is 9.59 Å². The molecule has 0 bridgehead atoms. The highest BCUT2D eigenvalue weighted by Gasteiger charge is 2.24. The van der Waals surface area contributed by atoms with Crippen molar-refractivity contribution < 1.29 is 14.3 Å². The number of nitrogens with one attached hydrogen (secondary N) is 1. The molecule has 2 aromatic rings. The highest BCUT2D eigenvalue weighted by atomic mass is 16.5. The van der Waals surface area contributed by atoms with E-state index in [0.717, 1.165) is 17.1 Å². The van der Waals surface area contributed by atoms with E-state index in [1.54, 1.807) is 29.0 Å². The number of anilines is 2. The standard InChI is InChI=1S/C21H26N4O3/c1-15(2)28-20-7-5-4-6-18(20)23-17-8-9-22-19(14-17)21(27)25-12-10-24(11-13-25)16(3)26/h4-9,14-15H,10-13H2,1-3H3,(H,22,23). The third-order valence-electron chi connectivity index (χ3n) is 4.52. The predicted molar refractivity (Wildman–Crippen MR) is 108 cm³/mol. The molecule has 0 saturated carbocycles. The van der Waals surface area contributed by atoms with Gasteiger partial charge in [-0.25, -0.2) is 0 Å². The van der Waals surface area contributed by atoms with Crippen LogP contribution in [0.25, 0.3) is 0 Å². The fraction of sp³-hybridized carbons (Fsp3) is 0.381. The molecule has 1 fully saturated rings. The maximum absolute atomic E-state index is 12.8. The number of nitrogens with zero attached hydrogens (tertiary/aromatic N) is 3. The average molecular weight is 382 g/mol. The van der Waals surface area contributed by atoms with Gasteiger partial charge in [0.2, 0.25) is 5.91 Å². The van der Waals surface area contributed by atoms with E-state index in [1.165, 1.54) is 0 Å². The van der Waals surface area contributed by atoms with Crippen LogP contribution in [0.3, 0.4) is 0 Å². The van der Waals surface area contributed by atoms with E-state index < -0.39 is 0 Å². The number of amides is 2. The van der Waals surface area contributed by atoms with Gasteiger partial charge in [-0.2, -0.15) is 0 Å². The monoisotopic (exact) mass is 382 g/mol. The average Bonchev–Trinajstić information content (AvgIpc) is 2.69. The molecule has 1 aliphatic rings. The van der Waals surface area contributed by atoms with Gasteiger partial charge in [-0.3, -0.25) is 14.6 Å². The van der Waals surface area contributed by atoms with Crippen molar-refractivity contribution in [3.63, 3.8) is 0 Å². The van der Waals surface area contributed by atoms with Gasteiger partial charge in [-0.05, 0) is 38.1 Å². The van der Waals surface area contributed by atoms with E-state index in [-0.39, 0.29) is 17.9 Å². The van der Waals surface area contributed by atoms with Crippen LogP contribution in [0.4, 0.5) is 11.4 Å². The van der Waals surface area contributed by atoms with Gasteiger partial charge in [-0.1, -0.05) is 12.1 Å². The number of pyridine rings is 1. The Balaban J connectivity index is 1.71. The maximum atomic E-state index is 12.8. The lowest BCUT2D eigenvalue weighted by molar-refractivity contribution is -0.130. The molecule has 0 radical (unpaired) electrons. The van der Waals surface area contributed by atoms with Crippen LogP contribution in [0.1, 0.15) is 31.3 Å². The molecule has 3 rings (SSSR count). The minimum Gasteiger partial charge on any atom is -0.489 e. The summed E-state index contributed by atoms with van der Waals surface area (Å²) in [6.07, 6.45) is 1.68. The van der Waals surface area contributed by atoms with Crippen molar-refractivity contribution in [2.75, 3.05) is 31.5 Å². The summed E-state index contributed by atoms with van der Waals surface area (Å²) >= 11 is 0. The highest BCUT2D eigenvalue weighted by Crippen LogP contribution is 2.28. The molecule has 148 valence electrons. The van der Waals surface area contributed by atoms with Crippen molar-refractivity contribution in [1.82, 2.24) is 14.8 Å². The van der Waals surface area contributed by atoms with E-state index in [1.807, 2.05) is 44.2 Å². The first kappa shape index (κ1) is 19.7. The summed E-state index contributed by atoms with van der Waals surface area (Å²) in [6.45, 7) is 7.65. The molecule has 0 spiro atoms. The highest BCUT2D eigenvalue weighted by molar-refractivity contribution is 5.93. The van der Waals surface area contributed by atoms with Gasteiger partial charge in [0.25, 0.3) is 5.91 Å². The van der Waals surface area contributed by atoms with Crippen LogP contribution >= 0.6 is 0 Å². The van der Waals surface area contributed by atoms with Gasteiger partial charge in [0, 0.05) is 45.0 Å². The summed E-state index contributed by atoms with van der Waals surface area (Å²) in [5, 5.41) is 3.31.